The van der Waals surface area contributed by atoms with E-state index in [0.29, 0.717) is 12.5 Å². The Hall–Kier alpha value is -0.780. The van der Waals surface area contributed by atoms with Crippen molar-refractivity contribution in [2.75, 3.05) is 27.2 Å². The van der Waals surface area contributed by atoms with Crippen molar-refractivity contribution in [3.8, 4) is 0 Å². The Bertz CT molecular complexity index is 587. The highest BCUT2D eigenvalue weighted by Gasteiger charge is 2.38. The van der Waals surface area contributed by atoms with Crippen molar-refractivity contribution in [3.63, 3.8) is 0 Å². The summed E-state index contributed by atoms with van der Waals surface area (Å²) in [6, 6.07) is 4.19. The molecule has 2 nitrogen and oxygen atoms in total. The topological polar surface area (TPSA) is 6.48 Å². The average Bonchev–Trinajstić information content (AvgIpc) is 2.52. The SMILES string of the molecule is CC(C)N1CCC[C@](CCc2ccc(C(F)(F)F)cc2Cl)(N(C)C)C1. The van der Waals surface area contributed by atoms with Gasteiger partial charge < -0.3 is 4.90 Å². The fraction of sp³-hybridized carbons (Fsp3) is 0.684. The van der Waals surface area contributed by atoms with Crippen LogP contribution >= 0.6 is 11.6 Å². The lowest BCUT2D eigenvalue weighted by Crippen LogP contribution is -2.57. The number of rotatable bonds is 5. The first-order valence-electron chi connectivity index (χ1n) is 8.82. The van der Waals surface area contributed by atoms with E-state index in [-0.39, 0.29) is 10.6 Å². The highest BCUT2D eigenvalue weighted by atomic mass is 35.5. The van der Waals surface area contributed by atoms with Gasteiger partial charge in [-0.25, -0.2) is 0 Å². The third kappa shape index (κ3) is 4.89. The van der Waals surface area contributed by atoms with E-state index in [9.17, 15) is 13.2 Å². The summed E-state index contributed by atoms with van der Waals surface area (Å²) in [6.45, 7) is 6.50. The Kier molecular flexibility index (Phi) is 6.45. The summed E-state index contributed by atoms with van der Waals surface area (Å²) in [5, 5.41) is 0.209. The molecular weight excluding hydrogens is 349 g/mol. The Morgan fingerprint density at radius 2 is 1.96 bits per heavy atom. The van der Waals surface area contributed by atoms with Crippen LogP contribution in [0.5, 0.6) is 0 Å². The Morgan fingerprint density at radius 1 is 1.28 bits per heavy atom. The van der Waals surface area contributed by atoms with E-state index in [1.807, 2.05) is 0 Å². The minimum absolute atomic E-state index is 0.0363. The van der Waals surface area contributed by atoms with Gasteiger partial charge in [0, 0.05) is 23.1 Å². The van der Waals surface area contributed by atoms with Crippen LogP contribution in [-0.2, 0) is 12.6 Å². The molecule has 0 bridgehead atoms. The number of likely N-dealkylation sites (tertiary alicyclic amines) is 1. The molecule has 1 heterocycles. The van der Waals surface area contributed by atoms with Gasteiger partial charge in [0.15, 0.2) is 0 Å². The molecule has 1 aliphatic heterocycles. The van der Waals surface area contributed by atoms with Gasteiger partial charge in [-0.05, 0) is 77.9 Å². The number of nitrogens with zero attached hydrogens (tertiary/aromatic N) is 2. The molecule has 0 amide bonds. The van der Waals surface area contributed by atoms with Gasteiger partial charge in [0.2, 0.25) is 0 Å². The molecule has 0 unspecified atom stereocenters. The van der Waals surface area contributed by atoms with Crippen LogP contribution in [0, 0.1) is 0 Å². The largest absolute Gasteiger partial charge is 0.416 e. The maximum Gasteiger partial charge on any atom is 0.416 e. The normalized spacial score (nSPS) is 22.8. The number of hydrogen-bond donors (Lipinski definition) is 0. The number of hydrogen-bond acceptors (Lipinski definition) is 2. The molecule has 1 aromatic rings. The lowest BCUT2D eigenvalue weighted by Gasteiger charge is -2.48. The summed E-state index contributed by atoms with van der Waals surface area (Å²) in [4.78, 5) is 4.76. The fourth-order valence-corrected chi connectivity index (χ4v) is 3.95. The van der Waals surface area contributed by atoms with E-state index in [2.05, 4.69) is 37.7 Å². The number of halogens is 4. The van der Waals surface area contributed by atoms with Gasteiger partial charge in [0.1, 0.15) is 0 Å². The molecule has 0 aromatic heterocycles. The van der Waals surface area contributed by atoms with Crippen molar-refractivity contribution in [2.24, 2.45) is 0 Å². The second kappa shape index (κ2) is 7.85. The van der Waals surface area contributed by atoms with E-state index in [1.165, 1.54) is 6.07 Å². The van der Waals surface area contributed by atoms with Crippen LogP contribution in [0.4, 0.5) is 13.2 Å². The average molecular weight is 377 g/mol. The first-order chi connectivity index (χ1) is 11.5. The van der Waals surface area contributed by atoms with Crippen LogP contribution in [0.15, 0.2) is 18.2 Å². The van der Waals surface area contributed by atoms with Crippen molar-refractivity contribution in [1.29, 1.82) is 0 Å². The van der Waals surface area contributed by atoms with Crippen LogP contribution in [0.1, 0.15) is 44.2 Å². The van der Waals surface area contributed by atoms with Gasteiger partial charge in [-0.15, -0.1) is 0 Å². The molecule has 2 rings (SSSR count). The molecule has 0 aliphatic carbocycles. The van der Waals surface area contributed by atoms with Crippen molar-refractivity contribution in [2.45, 2.75) is 57.3 Å². The van der Waals surface area contributed by atoms with Gasteiger partial charge in [-0.1, -0.05) is 17.7 Å². The molecule has 25 heavy (non-hydrogen) atoms. The molecule has 1 atom stereocenters. The van der Waals surface area contributed by atoms with E-state index >= 15 is 0 Å². The van der Waals surface area contributed by atoms with Crippen molar-refractivity contribution < 1.29 is 13.2 Å². The number of aryl methyl sites for hydroxylation is 1. The summed E-state index contributed by atoms with van der Waals surface area (Å²) >= 11 is 6.13. The zero-order chi connectivity index (χ0) is 18.8. The molecule has 0 radical (unpaired) electrons. The zero-order valence-corrected chi connectivity index (χ0v) is 16.2. The molecule has 1 aliphatic rings. The van der Waals surface area contributed by atoms with Crippen LogP contribution < -0.4 is 0 Å². The maximum atomic E-state index is 12.8. The molecule has 6 heteroatoms. The Morgan fingerprint density at radius 3 is 2.48 bits per heavy atom. The predicted molar refractivity (Wildman–Crippen MR) is 97.1 cm³/mol. The first-order valence-corrected chi connectivity index (χ1v) is 9.20. The Labute approximate surface area is 153 Å². The van der Waals surface area contributed by atoms with Crippen molar-refractivity contribution in [3.05, 3.63) is 34.3 Å². The van der Waals surface area contributed by atoms with Gasteiger partial charge in [0.05, 0.1) is 5.56 Å². The standard InChI is InChI=1S/C19H28ClF3N2/c1-14(2)25-11-5-9-18(13-25,24(3)4)10-8-15-6-7-16(12-17(15)20)19(21,22)23/h6-7,12,14H,5,8-11,13H2,1-4H3/t18-/m1/s1. The highest BCUT2D eigenvalue weighted by Crippen LogP contribution is 2.35. The molecule has 1 saturated heterocycles. The number of likely N-dealkylation sites (N-methyl/N-ethyl adjacent to an activating group) is 1. The summed E-state index contributed by atoms with van der Waals surface area (Å²) in [5.74, 6) is 0. The molecule has 0 saturated carbocycles. The lowest BCUT2D eigenvalue weighted by molar-refractivity contribution is -0.137. The lowest BCUT2D eigenvalue weighted by atomic mass is 9.82. The minimum atomic E-state index is -4.35. The third-order valence-corrected chi connectivity index (χ3v) is 5.86. The van der Waals surface area contributed by atoms with Crippen LogP contribution in [-0.4, -0.2) is 48.6 Å². The monoisotopic (exact) mass is 376 g/mol. The zero-order valence-electron chi connectivity index (χ0n) is 15.5. The molecule has 142 valence electrons. The number of piperidine rings is 1. The van der Waals surface area contributed by atoms with Crippen LogP contribution in [0.2, 0.25) is 5.02 Å². The van der Waals surface area contributed by atoms with Gasteiger partial charge in [0.25, 0.3) is 0 Å². The smallest absolute Gasteiger partial charge is 0.302 e. The van der Waals surface area contributed by atoms with Crippen LogP contribution in [0.25, 0.3) is 0 Å². The van der Waals surface area contributed by atoms with Crippen molar-refractivity contribution in [1.82, 2.24) is 9.80 Å². The summed E-state index contributed by atoms with van der Waals surface area (Å²) in [7, 11) is 4.19. The first kappa shape index (κ1) is 20.5. The number of alkyl halides is 3. The summed E-state index contributed by atoms with van der Waals surface area (Å²) < 4.78 is 38.4. The van der Waals surface area contributed by atoms with Crippen molar-refractivity contribution >= 4 is 11.6 Å². The van der Waals surface area contributed by atoms with E-state index in [4.69, 9.17) is 11.6 Å². The second-order valence-electron chi connectivity index (χ2n) is 7.59. The van der Waals surface area contributed by atoms with E-state index in [1.54, 1.807) is 0 Å². The summed E-state index contributed by atoms with van der Waals surface area (Å²) in [6.07, 6.45) is -0.553. The molecule has 0 spiro atoms. The fourth-order valence-electron chi connectivity index (χ4n) is 3.67. The Balaban J connectivity index is 2.14. The highest BCUT2D eigenvalue weighted by molar-refractivity contribution is 6.31. The third-order valence-electron chi connectivity index (χ3n) is 5.50. The quantitative estimate of drug-likeness (QED) is 0.705. The molecule has 0 N–H and O–H groups in total. The molecule has 1 aromatic carbocycles. The molecular formula is C19H28ClF3N2. The van der Waals surface area contributed by atoms with Gasteiger partial charge >= 0.3 is 6.18 Å². The van der Waals surface area contributed by atoms with E-state index in [0.717, 1.165) is 50.0 Å². The molecule has 1 fully saturated rings. The van der Waals surface area contributed by atoms with Crippen LogP contribution in [0.3, 0.4) is 0 Å². The van der Waals surface area contributed by atoms with E-state index < -0.39 is 11.7 Å². The predicted octanol–water partition coefficient (Wildman–Crippen LogP) is 5.10. The minimum Gasteiger partial charge on any atom is -0.302 e. The van der Waals surface area contributed by atoms with Gasteiger partial charge in [-0.3, -0.25) is 4.90 Å². The van der Waals surface area contributed by atoms with Gasteiger partial charge in [-0.2, -0.15) is 13.2 Å². The maximum absolute atomic E-state index is 12.8. The second-order valence-corrected chi connectivity index (χ2v) is 8.00. The number of benzene rings is 1. The summed E-state index contributed by atoms with van der Waals surface area (Å²) in [5.41, 5.74) is 0.138.